The van der Waals surface area contributed by atoms with Crippen LogP contribution in [0, 0.1) is 0 Å². The Balaban J connectivity index is 1.65. The number of carbonyl (C=O) groups is 1. The molecule has 0 spiro atoms. The number of nitrogens with zero attached hydrogens (tertiary/aromatic N) is 3. The fourth-order valence-corrected chi connectivity index (χ4v) is 2.75. The topological polar surface area (TPSA) is 68.3 Å². The number of amides is 1. The predicted octanol–water partition coefficient (Wildman–Crippen LogP) is 2.11. The van der Waals surface area contributed by atoms with Crippen molar-refractivity contribution < 1.29 is 9.21 Å². The first-order chi connectivity index (χ1) is 11.3. The zero-order valence-electron chi connectivity index (χ0n) is 14.4. The second-order valence-electron chi connectivity index (χ2n) is 7.19. The fourth-order valence-electron chi connectivity index (χ4n) is 2.75. The van der Waals surface area contributed by atoms with Crippen molar-refractivity contribution in [3.8, 4) is 0 Å². The second kappa shape index (κ2) is 6.26. The summed E-state index contributed by atoms with van der Waals surface area (Å²) in [4.78, 5) is 30.5. The highest BCUT2D eigenvalue weighted by molar-refractivity contribution is 5.76. The minimum Gasteiger partial charge on any atom is -0.445 e. The summed E-state index contributed by atoms with van der Waals surface area (Å²) in [5.74, 6) is 1.65. The molecule has 0 aromatic carbocycles. The van der Waals surface area contributed by atoms with Crippen LogP contribution in [-0.2, 0) is 29.7 Å². The highest BCUT2D eigenvalue weighted by atomic mass is 16.4. The molecule has 0 fully saturated rings. The van der Waals surface area contributed by atoms with Crippen LogP contribution >= 0.6 is 0 Å². The summed E-state index contributed by atoms with van der Waals surface area (Å²) >= 11 is 0. The first kappa shape index (κ1) is 16.5. The van der Waals surface area contributed by atoms with Crippen LogP contribution in [0.25, 0.3) is 0 Å². The summed E-state index contributed by atoms with van der Waals surface area (Å²) in [5, 5.41) is 0. The maximum Gasteiger partial charge on any atom is 0.250 e. The summed E-state index contributed by atoms with van der Waals surface area (Å²) in [6.07, 6.45) is 2.70. The molecule has 1 aliphatic rings. The molecule has 3 heterocycles. The third-order valence-corrected chi connectivity index (χ3v) is 4.19. The van der Waals surface area contributed by atoms with E-state index >= 15 is 0 Å². The number of aryl methyl sites for hydroxylation is 1. The molecule has 0 saturated heterocycles. The van der Waals surface area contributed by atoms with Crippen LogP contribution in [0.2, 0.25) is 0 Å². The Morgan fingerprint density at radius 3 is 2.83 bits per heavy atom. The zero-order valence-corrected chi connectivity index (χ0v) is 14.4. The predicted molar refractivity (Wildman–Crippen MR) is 89.6 cm³/mol. The molecule has 2 aromatic rings. The monoisotopic (exact) mass is 329 g/mol. The number of pyridine rings is 1. The van der Waals surface area contributed by atoms with Crippen LogP contribution in [0.15, 0.2) is 33.6 Å². The van der Waals surface area contributed by atoms with E-state index < -0.39 is 0 Å². The van der Waals surface area contributed by atoms with Crippen molar-refractivity contribution in [3.63, 3.8) is 0 Å². The molecule has 0 atom stereocenters. The molecule has 0 N–H and O–H groups in total. The average molecular weight is 329 g/mol. The van der Waals surface area contributed by atoms with Gasteiger partial charge in [0.05, 0.1) is 6.54 Å². The molecule has 0 aliphatic carbocycles. The number of hydrogen-bond donors (Lipinski definition) is 0. The Morgan fingerprint density at radius 2 is 2.12 bits per heavy atom. The summed E-state index contributed by atoms with van der Waals surface area (Å²) in [6, 6.07) is 4.99. The van der Waals surface area contributed by atoms with Crippen LogP contribution < -0.4 is 5.56 Å². The van der Waals surface area contributed by atoms with Gasteiger partial charge in [-0.25, -0.2) is 4.98 Å². The van der Waals surface area contributed by atoms with E-state index in [1.54, 1.807) is 27.8 Å². The minimum atomic E-state index is -0.138. The summed E-state index contributed by atoms with van der Waals surface area (Å²) in [7, 11) is 0. The highest BCUT2D eigenvalue weighted by Gasteiger charge is 2.28. The molecule has 128 valence electrons. The molecular weight excluding hydrogens is 306 g/mol. The van der Waals surface area contributed by atoms with Crippen molar-refractivity contribution in [1.29, 1.82) is 0 Å². The molecule has 0 bridgehead atoms. The van der Waals surface area contributed by atoms with E-state index in [-0.39, 0.29) is 16.9 Å². The minimum absolute atomic E-state index is 0.0386. The molecule has 6 nitrogen and oxygen atoms in total. The average Bonchev–Trinajstić information content (AvgIpc) is 2.97. The maximum atomic E-state index is 12.4. The lowest BCUT2D eigenvalue weighted by atomic mass is 9.97. The number of oxazole rings is 1. The Hall–Kier alpha value is -2.37. The van der Waals surface area contributed by atoms with Gasteiger partial charge in [0.1, 0.15) is 11.5 Å². The van der Waals surface area contributed by atoms with Gasteiger partial charge < -0.3 is 13.9 Å². The SMILES string of the molecule is CC(C)(C)c1nc2c(o1)CCN(C(=O)CCn1ccccc1=O)C2. The van der Waals surface area contributed by atoms with Crippen LogP contribution in [0.3, 0.4) is 0 Å². The third-order valence-electron chi connectivity index (χ3n) is 4.19. The van der Waals surface area contributed by atoms with E-state index in [1.165, 1.54) is 6.07 Å². The number of hydrogen-bond acceptors (Lipinski definition) is 4. The molecule has 0 radical (unpaired) electrons. The molecule has 1 aliphatic heterocycles. The Labute approximate surface area is 141 Å². The smallest absolute Gasteiger partial charge is 0.250 e. The summed E-state index contributed by atoms with van der Waals surface area (Å²) in [5.41, 5.74) is 0.634. The van der Waals surface area contributed by atoms with E-state index in [9.17, 15) is 9.59 Å². The van der Waals surface area contributed by atoms with Crippen molar-refractivity contribution in [2.45, 2.75) is 52.1 Å². The van der Waals surface area contributed by atoms with Crippen LogP contribution in [0.5, 0.6) is 0 Å². The lowest BCUT2D eigenvalue weighted by molar-refractivity contribution is -0.132. The number of fused-ring (bicyclic) bond motifs is 1. The zero-order chi connectivity index (χ0) is 17.3. The van der Waals surface area contributed by atoms with Gasteiger partial charge in [0.25, 0.3) is 5.56 Å². The quantitative estimate of drug-likeness (QED) is 0.865. The van der Waals surface area contributed by atoms with Gasteiger partial charge in [0.2, 0.25) is 5.91 Å². The number of aromatic nitrogens is 2. The van der Waals surface area contributed by atoms with E-state index in [0.717, 1.165) is 17.3 Å². The largest absolute Gasteiger partial charge is 0.445 e. The summed E-state index contributed by atoms with van der Waals surface area (Å²) < 4.78 is 7.41. The van der Waals surface area contributed by atoms with Gasteiger partial charge in [-0.3, -0.25) is 9.59 Å². The first-order valence-corrected chi connectivity index (χ1v) is 8.27. The van der Waals surface area contributed by atoms with E-state index in [0.29, 0.717) is 32.5 Å². The van der Waals surface area contributed by atoms with Gasteiger partial charge in [-0.2, -0.15) is 0 Å². The Morgan fingerprint density at radius 1 is 1.33 bits per heavy atom. The molecule has 0 saturated carbocycles. The van der Waals surface area contributed by atoms with Crippen LogP contribution in [0.1, 0.15) is 44.5 Å². The van der Waals surface area contributed by atoms with Gasteiger partial charge in [0, 0.05) is 43.6 Å². The van der Waals surface area contributed by atoms with Crippen molar-refractivity contribution in [2.24, 2.45) is 0 Å². The van der Waals surface area contributed by atoms with E-state index in [1.807, 2.05) is 0 Å². The number of carbonyl (C=O) groups excluding carboxylic acids is 1. The van der Waals surface area contributed by atoms with Crippen molar-refractivity contribution in [3.05, 3.63) is 52.1 Å². The Bertz CT molecular complexity index is 798. The van der Waals surface area contributed by atoms with Gasteiger partial charge in [-0.05, 0) is 6.07 Å². The third kappa shape index (κ3) is 3.42. The molecule has 2 aromatic heterocycles. The second-order valence-corrected chi connectivity index (χ2v) is 7.19. The van der Waals surface area contributed by atoms with Crippen molar-refractivity contribution >= 4 is 5.91 Å². The first-order valence-electron chi connectivity index (χ1n) is 8.27. The van der Waals surface area contributed by atoms with Gasteiger partial charge in [0.15, 0.2) is 5.89 Å². The van der Waals surface area contributed by atoms with Crippen LogP contribution in [0.4, 0.5) is 0 Å². The van der Waals surface area contributed by atoms with Gasteiger partial charge in [-0.1, -0.05) is 26.8 Å². The van der Waals surface area contributed by atoms with Crippen molar-refractivity contribution in [1.82, 2.24) is 14.5 Å². The van der Waals surface area contributed by atoms with Crippen molar-refractivity contribution in [2.75, 3.05) is 6.54 Å². The van der Waals surface area contributed by atoms with E-state index in [4.69, 9.17) is 4.42 Å². The molecule has 6 heteroatoms. The molecular formula is C18H23N3O3. The summed E-state index contributed by atoms with van der Waals surface area (Å²) in [6.45, 7) is 7.69. The lowest BCUT2D eigenvalue weighted by Crippen LogP contribution is -2.36. The molecule has 0 unspecified atom stereocenters. The highest BCUT2D eigenvalue weighted by Crippen LogP contribution is 2.27. The molecule has 1 amide bonds. The van der Waals surface area contributed by atoms with Gasteiger partial charge in [-0.15, -0.1) is 0 Å². The number of rotatable bonds is 3. The van der Waals surface area contributed by atoms with Crippen LogP contribution in [-0.4, -0.2) is 26.9 Å². The maximum absolute atomic E-state index is 12.4. The Kier molecular flexibility index (Phi) is 4.30. The van der Waals surface area contributed by atoms with E-state index in [2.05, 4.69) is 25.8 Å². The standard InChI is InChI=1S/C18H23N3O3/c1-18(2,3)17-19-13-12-21(10-7-14(13)24-17)16(23)8-11-20-9-5-4-6-15(20)22/h4-6,9H,7-8,10-12H2,1-3H3. The molecule has 3 rings (SSSR count). The lowest BCUT2D eigenvalue weighted by Gasteiger charge is -2.25. The fraction of sp³-hybridized carbons (Fsp3) is 0.500. The van der Waals surface area contributed by atoms with Gasteiger partial charge >= 0.3 is 0 Å². The normalized spacial score (nSPS) is 14.5. The molecule has 24 heavy (non-hydrogen) atoms.